The minimum absolute atomic E-state index is 0.0890. The number of aliphatic hydroxyl groups excluding tert-OH is 1. The summed E-state index contributed by atoms with van der Waals surface area (Å²) >= 11 is 0. The van der Waals surface area contributed by atoms with Gasteiger partial charge in [-0.15, -0.1) is 0 Å². The Labute approximate surface area is 152 Å². The Hall–Kier alpha value is -2.80. The summed E-state index contributed by atoms with van der Waals surface area (Å²) in [5, 5.41) is 10.4. The van der Waals surface area contributed by atoms with E-state index in [1.165, 1.54) is 6.08 Å². The summed E-state index contributed by atoms with van der Waals surface area (Å²) in [6.45, 7) is 1.02. The zero-order chi connectivity index (χ0) is 18.4. The van der Waals surface area contributed by atoms with Crippen molar-refractivity contribution in [3.63, 3.8) is 0 Å². The Kier molecular flexibility index (Phi) is 5.91. The van der Waals surface area contributed by atoms with Crippen LogP contribution in [-0.2, 0) is 4.79 Å². The second-order valence-corrected chi connectivity index (χ2v) is 6.15. The van der Waals surface area contributed by atoms with E-state index in [4.69, 9.17) is 9.47 Å². The van der Waals surface area contributed by atoms with Crippen LogP contribution in [-0.4, -0.2) is 58.3 Å². The van der Waals surface area contributed by atoms with Crippen LogP contribution in [0, 0.1) is 0 Å². The molecule has 7 nitrogen and oxygen atoms in total. The average Bonchev–Trinajstić information content (AvgIpc) is 3.12. The first kappa shape index (κ1) is 18.0. The molecule has 0 spiro atoms. The van der Waals surface area contributed by atoms with E-state index >= 15 is 0 Å². The summed E-state index contributed by atoms with van der Waals surface area (Å²) in [5.74, 6) is 1.26. The van der Waals surface area contributed by atoms with Crippen LogP contribution < -0.4 is 9.47 Å². The summed E-state index contributed by atoms with van der Waals surface area (Å²) in [4.78, 5) is 20.9. The number of ether oxygens (including phenoxy) is 2. The maximum atomic E-state index is 12.4. The van der Waals surface area contributed by atoms with Gasteiger partial charge in [-0.2, -0.15) is 0 Å². The first-order chi connectivity index (χ1) is 12.7. The van der Waals surface area contributed by atoms with Crippen LogP contribution in [0.15, 0.2) is 42.9 Å². The summed E-state index contributed by atoms with van der Waals surface area (Å²) in [7, 11) is 1.60. The van der Waals surface area contributed by atoms with Crippen LogP contribution in [0.25, 0.3) is 6.08 Å². The first-order valence-corrected chi connectivity index (χ1v) is 8.60. The maximum Gasteiger partial charge on any atom is 0.246 e. The van der Waals surface area contributed by atoms with Gasteiger partial charge >= 0.3 is 0 Å². The van der Waals surface area contributed by atoms with Crippen molar-refractivity contribution >= 4 is 12.0 Å². The van der Waals surface area contributed by atoms with Gasteiger partial charge in [-0.25, -0.2) is 4.98 Å². The fourth-order valence-electron chi connectivity index (χ4n) is 2.89. The maximum absolute atomic E-state index is 12.4. The Morgan fingerprint density at radius 2 is 2.15 bits per heavy atom. The number of amides is 1. The van der Waals surface area contributed by atoms with Crippen molar-refractivity contribution in [2.45, 2.75) is 25.0 Å². The molecule has 7 heteroatoms. The van der Waals surface area contributed by atoms with Crippen molar-refractivity contribution in [1.82, 2.24) is 14.9 Å². The van der Waals surface area contributed by atoms with E-state index in [0.717, 1.165) is 5.69 Å². The molecular formula is C19H23N3O4. The first-order valence-electron chi connectivity index (χ1n) is 8.60. The third kappa shape index (κ3) is 4.64. The van der Waals surface area contributed by atoms with Crippen LogP contribution in [0.1, 0.15) is 18.5 Å². The molecule has 2 N–H and O–H groups in total. The summed E-state index contributed by atoms with van der Waals surface area (Å²) < 4.78 is 11.1. The van der Waals surface area contributed by atoms with Crippen molar-refractivity contribution in [1.29, 1.82) is 0 Å². The monoisotopic (exact) mass is 357 g/mol. The number of carbonyl (C=O) groups excluding carboxylic acids is 1. The third-order valence-electron chi connectivity index (χ3n) is 4.37. The van der Waals surface area contributed by atoms with Gasteiger partial charge in [-0.3, -0.25) is 4.79 Å². The molecule has 1 saturated heterocycles. The number of aliphatic hydroxyl groups is 1. The van der Waals surface area contributed by atoms with Gasteiger partial charge < -0.3 is 24.5 Å². The highest BCUT2D eigenvalue weighted by molar-refractivity contribution is 5.91. The number of rotatable bonds is 5. The number of nitrogens with zero attached hydrogens (tertiary/aromatic N) is 2. The molecule has 3 rings (SSSR count). The van der Waals surface area contributed by atoms with E-state index in [2.05, 4.69) is 9.97 Å². The molecule has 138 valence electrons. The lowest BCUT2D eigenvalue weighted by Gasteiger charge is -2.22. The molecule has 2 heterocycles. The van der Waals surface area contributed by atoms with Gasteiger partial charge in [0.05, 0.1) is 31.4 Å². The lowest BCUT2D eigenvalue weighted by molar-refractivity contribution is -0.126. The number of hydrogen-bond acceptors (Lipinski definition) is 5. The number of hydrogen-bond donors (Lipinski definition) is 2. The number of methoxy groups -OCH3 is 1. The van der Waals surface area contributed by atoms with Crippen LogP contribution in [0.3, 0.4) is 0 Å². The zero-order valence-electron chi connectivity index (χ0n) is 14.7. The largest absolute Gasteiger partial charge is 0.497 e. The Bertz CT molecular complexity index is 745. The molecular weight excluding hydrogens is 334 g/mol. The molecule has 1 aliphatic rings. The molecule has 0 radical (unpaired) electrons. The van der Waals surface area contributed by atoms with Gasteiger partial charge in [0.25, 0.3) is 0 Å². The number of carbonyl (C=O) groups is 1. The highest BCUT2D eigenvalue weighted by Crippen LogP contribution is 2.23. The molecule has 1 fully saturated rings. The molecule has 1 aromatic carbocycles. The molecule has 0 saturated carbocycles. The fourth-order valence-corrected chi connectivity index (χ4v) is 2.89. The Morgan fingerprint density at radius 3 is 2.92 bits per heavy atom. The SMILES string of the molecule is COc1cccc(O[C@H]2CCN(C(=O)/C=C/c3cnc[nH]3)CC[C@@H]2O)c1. The molecule has 1 amide bonds. The van der Waals surface area contributed by atoms with Crippen LogP contribution >= 0.6 is 0 Å². The van der Waals surface area contributed by atoms with Gasteiger partial charge in [-0.1, -0.05) is 6.07 Å². The molecule has 0 unspecified atom stereocenters. The van der Waals surface area contributed by atoms with Crippen molar-refractivity contribution < 1.29 is 19.4 Å². The number of imidazole rings is 1. The lowest BCUT2D eigenvalue weighted by Crippen LogP contribution is -2.31. The fraction of sp³-hybridized carbons (Fsp3) is 0.368. The minimum atomic E-state index is -0.629. The van der Waals surface area contributed by atoms with Crippen LogP contribution in [0.2, 0.25) is 0 Å². The van der Waals surface area contributed by atoms with Crippen molar-refractivity contribution in [2.75, 3.05) is 20.2 Å². The zero-order valence-corrected chi connectivity index (χ0v) is 14.7. The summed E-state index contributed by atoms with van der Waals surface area (Å²) in [6, 6.07) is 7.29. The highest BCUT2D eigenvalue weighted by Gasteiger charge is 2.27. The summed E-state index contributed by atoms with van der Waals surface area (Å²) in [6.07, 6.45) is 6.46. The lowest BCUT2D eigenvalue weighted by atomic mass is 10.1. The Balaban J connectivity index is 1.59. The highest BCUT2D eigenvalue weighted by atomic mass is 16.5. The molecule has 0 bridgehead atoms. The summed E-state index contributed by atoms with van der Waals surface area (Å²) in [5.41, 5.74) is 0.771. The van der Waals surface area contributed by atoms with Crippen LogP contribution in [0.4, 0.5) is 0 Å². The van der Waals surface area contributed by atoms with E-state index in [1.54, 1.807) is 36.7 Å². The quantitative estimate of drug-likeness (QED) is 0.798. The van der Waals surface area contributed by atoms with Gasteiger partial charge in [0.1, 0.15) is 17.6 Å². The molecule has 2 atom stereocenters. The van der Waals surface area contributed by atoms with E-state index in [1.807, 2.05) is 18.2 Å². The molecule has 2 aromatic rings. The van der Waals surface area contributed by atoms with Gasteiger partial charge in [0.2, 0.25) is 5.91 Å². The van der Waals surface area contributed by atoms with Crippen molar-refractivity contribution in [3.05, 3.63) is 48.6 Å². The standard InChI is InChI=1S/C19H23N3O4/c1-25-15-3-2-4-16(11-15)26-18-8-10-22(9-7-17(18)23)19(24)6-5-14-12-20-13-21-14/h2-6,11-13,17-18,23H,7-10H2,1H3,(H,20,21)/b6-5+/t17-,18-/m0/s1. The third-order valence-corrected chi connectivity index (χ3v) is 4.37. The molecule has 1 aliphatic heterocycles. The average molecular weight is 357 g/mol. The number of H-pyrrole nitrogens is 1. The minimum Gasteiger partial charge on any atom is -0.497 e. The second kappa shape index (κ2) is 8.53. The molecule has 1 aromatic heterocycles. The van der Waals surface area contributed by atoms with Gasteiger partial charge in [-0.05, 0) is 24.6 Å². The molecule has 0 aliphatic carbocycles. The van der Waals surface area contributed by atoms with Gasteiger partial charge in [0.15, 0.2) is 0 Å². The van der Waals surface area contributed by atoms with E-state index < -0.39 is 6.10 Å². The smallest absolute Gasteiger partial charge is 0.246 e. The van der Waals surface area contributed by atoms with Gasteiger partial charge in [0, 0.05) is 31.7 Å². The predicted octanol–water partition coefficient (Wildman–Crippen LogP) is 1.86. The normalized spacial score (nSPS) is 20.8. The van der Waals surface area contributed by atoms with Crippen LogP contribution in [0.5, 0.6) is 11.5 Å². The number of likely N-dealkylation sites (tertiary alicyclic amines) is 1. The van der Waals surface area contributed by atoms with Crippen molar-refractivity contribution in [3.8, 4) is 11.5 Å². The topological polar surface area (TPSA) is 87.7 Å². The molecule has 26 heavy (non-hydrogen) atoms. The Morgan fingerprint density at radius 1 is 1.35 bits per heavy atom. The second-order valence-electron chi connectivity index (χ2n) is 6.15. The van der Waals surface area contributed by atoms with Crippen molar-refractivity contribution in [2.24, 2.45) is 0 Å². The van der Waals surface area contributed by atoms with E-state index in [9.17, 15) is 9.90 Å². The van der Waals surface area contributed by atoms with E-state index in [0.29, 0.717) is 37.4 Å². The number of aromatic amines is 1. The number of aromatic nitrogens is 2. The number of benzene rings is 1. The number of nitrogens with one attached hydrogen (secondary N) is 1. The predicted molar refractivity (Wildman–Crippen MR) is 96.9 cm³/mol. The van der Waals surface area contributed by atoms with E-state index in [-0.39, 0.29) is 12.0 Å².